The van der Waals surface area contributed by atoms with Crippen LogP contribution in [0.15, 0.2) is 18.2 Å². The molecule has 0 aliphatic carbocycles. The Balaban J connectivity index is 2.35. The highest BCUT2D eigenvalue weighted by Gasteiger charge is 2.00. The van der Waals surface area contributed by atoms with Gasteiger partial charge in [0.1, 0.15) is 5.75 Å². The first-order chi connectivity index (χ1) is 7.09. The van der Waals surface area contributed by atoms with E-state index in [0.717, 1.165) is 12.8 Å². The number of ether oxygens (including phenoxy) is 1. The molecule has 0 radical (unpaired) electrons. The highest BCUT2D eigenvalue weighted by molar-refractivity contribution is 6.42. The van der Waals surface area contributed by atoms with E-state index in [-0.39, 0.29) is 6.10 Å². The van der Waals surface area contributed by atoms with Crippen molar-refractivity contribution in [3.63, 3.8) is 0 Å². The fourth-order valence-electron chi connectivity index (χ4n) is 1.14. The highest BCUT2D eigenvalue weighted by Crippen LogP contribution is 2.26. The fraction of sp³-hybridized carbons (Fsp3) is 0.455. The lowest BCUT2D eigenvalue weighted by Crippen LogP contribution is -2.04. The Labute approximate surface area is 99.8 Å². The van der Waals surface area contributed by atoms with E-state index in [2.05, 4.69) is 0 Å². The fourth-order valence-corrected chi connectivity index (χ4v) is 1.42. The van der Waals surface area contributed by atoms with Gasteiger partial charge in [0.15, 0.2) is 0 Å². The second-order valence-electron chi connectivity index (χ2n) is 3.42. The minimum Gasteiger partial charge on any atom is -0.494 e. The van der Waals surface area contributed by atoms with Crippen molar-refractivity contribution >= 4 is 23.2 Å². The van der Waals surface area contributed by atoms with Crippen LogP contribution in [0.3, 0.4) is 0 Å². The van der Waals surface area contributed by atoms with Crippen LogP contribution < -0.4 is 4.74 Å². The van der Waals surface area contributed by atoms with E-state index in [1.54, 1.807) is 25.1 Å². The molecule has 1 N–H and O–H groups in total. The number of hydrogen-bond donors (Lipinski definition) is 1. The van der Waals surface area contributed by atoms with E-state index < -0.39 is 0 Å². The molecule has 1 aromatic rings. The van der Waals surface area contributed by atoms with E-state index >= 15 is 0 Å². The van der Waals surface area contributed by atoms with E-state index in [1.807, 2.05) is 0 Å². The van der Waals surface area contributed by atoms with Crippen LogP contribution in [0.1, 0.15) is 19.8 Å². The van der Waals surface area contributed by atoms with Crippen molar-refractivity contribution in [1.29, 1.82) is 0 Å². The summed E-state index contributed by atoms with van der Waals surface area (Å²) >= 11 is 11.6. The first kappa shape index (κ1) is 12.6. The normalized spacial score (nSPS) is 12.5. The number of aliphatic hydroxyl groups excluding tert-OH is 1. The Hall–Kier alpha value is -0.440. The zero-order valence-electron chi connectivity index (χ0n) is 8.54. The number of benzene rings is 1. The Morgan fingerprint density at radius 3 is 2.67 bits per heavy atom. The lowest BCUT2D eigenvalue weighted by Gasteiger charge is -2.07. The smallest absolute Gasteiger partial charge is 0.120 e. The summed E-state index contributed by atoms with van der Waals surface area (Å²) < 4.78 is 5.44. The summed E-state index contributed by atoms with van der Waals surface area (Å²) in [6.07, 6.45) is 1.28. The van der Waals surface area contributed by atoms with Gasteiger partial charge in [-0.15, -0.1) is 0 Å². The van der Waals surface area contributed by atoms with Gasteiger partial charge in [-0.05, 0) is 31.9 Å². The van der Waals surface area contributed by atoms with Crippen molar-refractivity contribution in [3.8, 4) is 5.75 Å². The second kappa shape index (κ2) is 6.21. The number of rotatable bonds is 5. The third-order valence-electron chi connectivity index (χ3n) is 1.93. The zero-order chi connectivity index (χ0) is 11.3. The van der Waals surface area contributed by atoms with E-state index in [0.29, 0.717) is 22.4 Å². The molecule has 1 unspecified atom stereocenters. The summed E-state index contributed by atoms with van der Waals surface area (Å²) in [6, 6.07) is 5.16. The number of halogens is 2. The standard InChI is InChI=1S/C11H14Cl2O2/c1-8(14)3-2-6-15-9-4-5-10(12)11(13)7-9/h4-5,7-8,14H,2-3,6H2,1H3. The molecule has 0 heterocycles. The third kappa shape index (κ3) is 4.74. The monoisotopic (exact) mass is 248 g/mol. The summed E-state index contributed by atoms with van der Waals surface area (Å²) in [5, 5.41) is 10.0. The van der Waals surface area contributed by atoms with E-state index in [1.165, 1.54) is 0 Å². The second-order valence-corrected chi connectivity index (χ2v) is 4.23. The average Bonchev–Trinajstić information content (AvgIpc) is 2.18. The van der Waals surface area contributed by atoms with Gasteiger partial charge in [-0.25, -0.2) is 0 Å². The maximum absolute atomic E-state index is 9.04. The Morgan fingerprint density at radius 2 is 2.07 bits per heavy atom. The van der Waals surface area contributed by atoms with Crippen LogP contribution >= 0.6 is 23.2 Å². The van der Waals surface area contributed by atoms with Gasteiger partial charge in [0.2, 0.25) is 0 Å². The molecule has 4 heteroatoms. The molecule has 0 aliphatic rings. The predicted octanol–water partition coefficient (Wildman–Crippen LogP) is 3.53. The van der Waals surface area contributed by atoms with E-state index in [4.69, 9.17) is 33.0 Å². The van der Waals surface area contributed by atoms with Gasteiger partial charge in [0, 0.05) is 6.07 Å². The highest BCUT2D eigenvalue weighted by atomic mass is 35.5. The Bertz CT molecular complexity index is 313. The van der Waals surface area contributed by atoms with Crippen molar-refractivity contribution in [3.05, 3.63) is 28.2 Å². The lowest BCUT2D eigenvalue weighted by molar-refractivity contribution is 0.170. The number of hydrogen-bond acceptors (Lipinski definition) is 2. The van der Waals surface area contributed by atoms with Crippen LogP contribution in [0.5, 0.6) is 5.75 Å². The number of aliphatic hydroxyl groups is 1. The summed E-state index contributed by atoms with van der Waals surface area (Å²) in [7, 11) is 0. The molecular weight excluding hydrogens is 235 g/mol. The van der Waals surface area contributed by atoms with Crippen molar-refractivity contribution in [2.45, 2.75) is 25.9 Å². The minimum atomic E-state index is -0.276. The van der Waals surface area contributed by atoms with Crippen LogP contribution in [0, 0.1) is 0 Å². The molecule has 0 amide bonds. The van der Waals surface area contributed by atoms with Crippen molar-refractivity contribution < 1.29 is 9.84 Å². The molecule has 0 aromatic heterocycles. The molecular formula is C11H14Cl2O2. The summed E-state index contributed by atoms with van der Waals surface area (Å²) in [5.41, 5.74) is 0. The summed E-state index contributed by atoms with van der Waals surface area (Å²) in [5.74, 6) is 0.704. The van der Waals surface area contributed by atoms with E-state index in [9.17, 15) is 0 Å². The van der Waals surface area contributed by atoms with Gasteiger partial charge in [0.05, 0.1) is 22.8 Å². The average molecular weight is 249 g/mol. The van der Waals surface area contributed by atoms with Crippen molar-refractivity contribution in [2.75, 3.05) is 6.61 Å². The topological polar surface area (TPSA) is 29.5 Å². The van der Waals surface area contributed by atoms with Gasteiger partial charge in [0.25, 0.3) is 0 Å². The van der Waals surface area contributed by atoms with Gasteiger partial charge >= 0.3 is 0 Å². The van der Waals surface area contributed by atoms with Crippen molar-refractivity contribution in [1.82, 2.24) is 0 Å². The molecule has 2 nitrogen and oxygen atoms in total. The summed E-state index contributed by atoms with van der Waals surface area (Å²) in [4.78, 5) is 0. The first-order valence-corrected chi connectivity index (χ1v) is 5.61. The Morgan fingerprint density at radius 1 is 1.33 bits per heavy atom. The van der Waals surface area contributed by atoms with Gasteiger partial charge in [-0.3, -0.25) is 0 Å². The van der Waals surface area contributed by atoms with Gasteiger partial charge in [-0.2, -0.15) is 0 Å². The maximum Gasteiger partial charge on any atom is 0.120 e. The van der Waals surface area contributed by atoms with Crippen LogP contribution in [0.4, 0.5) is 0 Å². The van der Waals surface area contributed by atoms with Crippen LogP contribution in [-0.2, 0) is 0 Å². The molecule has 0 saturated heterocycles. The predicted molar refractivity (Wildman–Crippen MR) is 62.9 cm³/mol. The Kier molecular flexibility index (Phi) is 5.23. The molecule has 0 aliphatic heterocycles. The molecule has 84 valence electrons. The molecule has 1 aromatic carbocycles. The molecule has 0 spiro atoms. The van der Waals surface area contributed by atoms with Crippen LogP contribution in [0.2, 0.25) is 10.0 Å². The van der Waals surface area contributed by atoms with Crippen LogP contribution in [-0.4, -0.2) is 17.8 Å². The zero-order valence-corrected chi connectivity index (χ0v) is 10.1. The SMILES string of the molecule is CC(O)CCCOc1ccc(Cl)c(Cl)c1. The maximum atomic E-state index is 9.04. The molecule has 15 heavy (non-hydrogen) atoms. The molecule has 0 bridgehead atoms. The lowest BCUT2D eigenvalue weighted by atomic mass is 10.2. The quantitative estimate of drug-likeness (QED) is 0.809. The largest absolute Gasteiger partial charge is 0.494 e. The third-order valence-corrected chi connectivity index (χ3v) is 2.67. The molecule has 1 rings (SSSR count). The van der Waals surface area contributed by atoms with Gasteiger partial charge in [-0.1, -0.05) is 23.2 Å². The van der Waals surface area contributed by atoms with Crippen molar-refractivity contribution in [2.24, 2.45) is 0 Å². The summed E-state index contributed by atoms with van der Waals surface area (Å²) in [6.45, 7) is 2.34. The van der Waals surface area contributed by atoms with Crippen LogP contribution in [0.25, 0.3) is 0 Å². The first-order valence-electron chi connectivity index (χ1n) is 4.85. The minimum absolute atomic E-state index is 0.276. The molecule has 0 saturated carbocycles. The molecule has 1 atom stereocenters. The molecule has 0 fully saturated rings. The van der Waals surface area contributed by atoms with Gasteiger partial charge < -0.3 is 9.84 Å².